The summed E-state index contributed by atoms with van der Waals surface area (Å²) in [4.78, 5) is 30.1. The molecular weight excluding hydrogens is 569 g/mol. The number of hydrogen-bond acceptors (Lipinski definition) is 9. The molecule has 13 heteroatoms. The fourth-order valence-corrected chi connectivity index (χ4v) is 7.19. The van der Waals surface area contributed by atoms with Crippen molar-refractivity contribution >= 4 is 32.6 Å². The summed E-state index contributed by atoms with van der Waals surface area (Å²) in [5.41, 5.74) is 2.58. The lowest BCUT2D eigenvalue weighted by molar-refractivity contribution is -0.154. The monoisotopic (exact) mass is 604 g/mol. The van der Waals surface area contributed by atoms with E-state index in [1.165, 1.54) is 16.2 Å². The summed E-state index contributed by atoms with van der Waals surface area (Å²) in [7, 11) is 0. The second-order valence-electron chi connectivity index (χ2n) is 11.7. The fourth-order valence-electron chi connectivity index (χ4n) is 6.29. The molecular formula is C29H35F3N6O3S. The van der Waals surface area contributed by atoms with Crippen molar-refractivity contribution < 1.29 is 27.8 Å². The average molecular weight is 605 g/mol. The molecule has 6 rings (SSSR count). The lowest BCUT2D eigenvalue weighted by Crippen LogP contribution is -2.60. The van der Waals surface area contributed by atoms with Gasteiger partial charge in [0.2, 0.25) is 5.91 Å². The summed E-state index contributed by atoms with van der Waals surface area (Å²) in [5, 5.41) is 13.4. The van der Waals surface area contributed by atoms with E-state index in [-0.39, 0.29) is 36.6 Å². The van der Waals surface area contributed by atoms with Gasteiger partial charge in [0.1, 0.15) is 6.61 Å². The lowest BCUT2D eigenvalue weighted by atomic mass is 9.78. The highest BCUT2D eigenvalue weighted by Gasteiger charge is 2.42. The zero-order valence-electron chi connectivity index (χ0n) is 23.4. The molecule has 1 aliphatic heterocycles. The number of aromatic nitrogens is 3. The van der Waals surface area contributed by atoms with Gasteiger partial charge >= 0.3 is 6.18 Å². The number of halogens is 3. The van der Waals surface area contributed by atoms with Crippen molar-refractivity contribution in [2.45, 2.75) is 76.1 Å². The molecule has 9 nitrogen and oxygen atoms in total. The topological polar surface area (TPSA) is 104 Å². The highest BCUT2D eigenvalue weighted by Crippen LogP contribution is 2.36. The maximum Gasteiger partial charge on any atom is 0.401 e. The first kappa shape index (κ1) is 29.4. The van der Waals surface area contributed by atoms with Crippen LogP contribution in [0.4, 0.5) is 18.3 Å². The van der Waals surface area contributed by atoms with Gasteiger partial charge in [-0.1, -0.05) is 17.4 Å². The highest BCUT2D eigenvalue weighted by atomic mass is 32.1. The van der Waals surface area contributed by atoms with Gasteiger partial charge in [-0.25, -0.2) is 15.0 Å². The number of amides is 1. The molecule has 1 unspecified atom stereocenters. The van der Waals surface area contributed by atoms with Crippen molar-refractivity contribution in [1.29, 1.82) is 0 Å². The quantitative estimate of drug-likeness (QED) is 0.389. The average Bonchev–Trinajstić information content (AvgIpc) is 3.51. The number of nitrogens with zero attached hydrogens (tertiary/aromatic N) is 5. The second kappa shape index (κ2) is 12.1. The Morgan fingerprint density at radius 2 is 1.95 bits per heavy atom. The first-order chi connectivity index (χ1) is 20.1. The number of benzene rings is 1. The first-order valence-electron chi connectivity index (χ1n) is 14.5. The van der Waals surface area contributed by atoms with Crippen LogP contribution in [0.25, 0.3) is 21.3 Å². The molecule has 2 saturated carbocycles. The number of rotatable bonds is 8. The Kier molecular flexibility index (Phi) is 8.47. The molecule has 0 radical (unpaired) electrons. The summed E-state index contributed by atoms with van der Waals surface area (Å²) >= 11 is 1.41. The normalized spacial score (nSPS) is 27.3. The van der Waals surface area contributed by atoms with E-state index in [2.05, 4.69) is 25.2 Å². The molecule has 1 aromatic carbocycles. The minimum absolute atomic E-state index is 0.0226. The summed E-state index contributed by atoms with van der Waals surface area (Å²) in [6, 6.07) is 6.11. The molecule has 3 atom stereocenters. The summed E-state index contributed by atoms with van der Waals surface area (Å²) in [5.74, 6) is 0.373. The first-order valence-corrected chi connectivity index (χ1v) is 15.3. The Hall–Kier alpha value is -2.71. The summed E-state index contributed by atoms with van der Waals surface area (Å²) in [6.45, 7) is 2.72. The van der Waals surface area contributed by atoms with Crippen LogP contribution in [0.1, 0.15) is 44.9 Å². The van der Waals surface area contributed by atoms with Gasteiger partial charge in [0, 0.05) is 55.6 Å². The molecule has 2 N–H and O–H groups in total. The number of piperazine rings is 1. The van der Waals surface area contributed by atoms with Gasteiger partial charge in [-0.2, -0.15) is 13.2 Å². The number of aliphatic hydroxyl groups excluding tert-OH is 1. The van der Waals surface area contributed by atoms with Gasteiger partial charge in [0.25, 0.3) is 0 Å². The molecule has 226 valence electrons. The van der Waals surface area contributed by atoms with E-state index in [0.29, 0.717) is 43.4 Å². The minimum Gasteiger partial charge on any atom is -0.390 e. The van der Waals surface area contributed by atoms with Gasteiger partial charge in [0.05, 0.1) is 29.0 Å². The van der Waals surface area contributed by atoms with Crippen LogP contribution < -0.4 is 5.32 Å². The van der Waals surface area contributed by atoms with E-state index in [9.17, 15) is 23.1 Å². The van der Waals surface area contributed by atoms with Crippen LogP contribution in [0.3, 0.4) is 0 Å². The third-order valence-electron chi connectivity index (χ3n) is 8.62. The van der Waals surface area contributed by atoms with Gasteiger partial charge in [0.15, 0.2) is 11.0 Å². The number of carbonyl (C=O) groups excluding carboxylic acids is 1. The molecule has 0 bridgehead atoms. The molecule has 42 heavy (non-hydrogen) atoms. The predicted molar refractivity (Wildman–Crippen MR) is 153 cm³/mol. The Balaban J connectivity index is 1.00. The molecule has 1 saturated heterocycles. The smallest absolute Gasteiger partial charge is 0.390 e. The van der Waals surface area contributed by atoms with Crippen LogP contribution in [-0.2, 0) is 16.1 Å². The van der Waals surface area contributed by atoms with Crippen LogP contribution >= 0.6 is 11.3 Å². The molecule has 3 aromatic rings. The van der Waals surface area contributed by atoms with Crippen molar-refractivity contribution in [3.05, 3.63) is 36.4 Å². The fraction of sp³-hybridized carbons (Fsp3) is 0.586. The number of alkyl halides is 3. The van der Waals surface area contributed by atoms with Gasteiger partial charge in [-0.15, -0.1) is 0 Å². The molecule has 3 fully saturated rings. The summed E-state index contributed by atoms with van der Waals surface area (Å²) < 4.78 is 45.0. The molecule has 0 spiro atoms. The van der Waals surface area contributed by atoms with Crippen LogP contribution in [0.5, 0.6) is 0 Å². The minimum atomic E-state index is -4.18. The van der Waals surface area contributed by atoms with E-state index >= 15 is 0 Å². The van der Waals surface area contributed by atoms with Gasteiger partial charge in [-0.05, 0) is 56.7 Å². The highest BCUT2D eigenvalue weighted by molar-refractivity contribution is 7.22. The van der Waals surface area contributed by atoms with E-state index in [1.54, 1.807) is 12.4 Å². The Bertz CT molecular complexity index is 1400. The third kappa shape index (κ3) is 6.75. The zero-order valence-corrected chi connectivity index (χ0v) is 24.2. The Morgan fingerprint density at radius 3 is 2.64 bits per heavy atom. The third-order valence-corrected chi connectivity index (χ3v) is 9.55. The maximum atomic E-state index is 12.9. The van der Waals surface area contributed by atoms with Gasteiger partial charge < -0.3 is 15.2 Å². The van der Waals surface area contributed by atoms with Crippen LogP contribution in [0.15, 0.2) is 30.6 Å². The van der Waals surface area contributed by atoms with Crippen molar-refractivity contribution in [1.82, 2.24) is 24.8 Å². The number of anilines is 1. The lowest BCUT2D eigenvalue weighted by Gasteiger charge is -2.49. The van der Waals surface area contributed by atoms with E-state index in [4.69, 9.17) is 4.74 Å². The molecule has 1 amide bonds. The SMILES string of the molecule is CC1CN(CC(F)(F)F)CCN1C1CC(C(=O)Nc2nc3ccc(-c4cnc(CO[C@H]5CCC[C@@H]5O)nc4)cc3s2)C1. The number of fused-ring (bicyclic) bond motifs is 1. The van der Waals surface area contributed by atoms with E-state index in [0.717, 1.165) is 40.6 Å². The number of aliphatic hydroxyl groups is 1. The second-order valence-corrected chi connectivity index (χ2v) is 12.7. The summed E-state index contributed by atoms with van der Waals surface area (Å²) in [6.07, 6.45) is 2.76. The zero-order chi connectivity index (χ0) is 29.4. The van der Waals surface area contributed by atoms with E-state index in [1.807, 2.05) is 25.1 Å². The Labute approximate surface area is 246 Å². The molecule has 3 heterocycles. The standard InChI is InChI=1S/C29H35F3N6O3S/c1-17-14-37(16-29(30,31)32)7-8-38(17)21-9-19(10-21)27(40)36-28-35-22-6-5-18(11-25(22)42-28)20-12-33-26(34-13-20)15-41-24-4-2-3-23(24)39/h5-6,11-13,17,19,21,23-24,39H,2-4,7-10,14-16H2,1H3,(H,35,36,40)/t17?,19?,21?,23-,24-/m0/s1. The van der Waals surface area contributed by atoms with Gasteiger partial charge in [-0.3, -0.25) is 14.6 Å². The maximum absolute atomic E-state index is 12.9. The molecule has 3 aliphatic rings. The van der Waals surface area contributed by atoms with Crippen molar-refractivity contribution in [3.8, 4) is 11.1 Å². The van der Waals surface area contributed by atoms with Crippen LogP contribution in [-0.4, -0.2) is 92.4 Å². The number of ether oxygens (including phenoxy) is 1. The van der Waals surface area contributed by atoms with Crippen molar-refractivity contribution in [2.24, 2.45) is 5.92 Å². The van der Waals surface area contributed by atoms with E-state index < -0.39 is 18.8 Å². The number of nitrogens with one attached hydrogen (secondary N) is 1. The molecule has 2 aromatic heterocycles. The van der Waals surface area contributed by atoms with Crippen LogP contribution in [0, 0.1) is 5.92 Å². The Morgan fingerprint density at radius 1 is 1.17 bits per heavy atom. The van der Waals surface area contributed by atoms with Crippen molar-refractivity contribution in [2.75, 3.05) is 31.5 Å². The number of carbonyl (C=O) groups is 1. The van der Waals surface area contributed by atoms with Crippen molar-refractivity contribution in [3.63, 3.8) is 0 Å². The molecule has 2 aliphatic carbocycles. The number of hydrogen-bond donors (Lipinski definition) is 2. The largest absolute Gasteiger partial charge is 0.401 e. The van der Waals surface area contributed by atoms with Crippen LogP contribution in [0.2, 0.25) is 0 Å². The predicted octanol–water partition coefficient (Wildman–Crippen LogP) is 4.47. The number of thiazole rings is 1.